The van der Waals surface area contributed by atoms with E-state index in [0.29, 0.717) is 0 Å². The molecule has 0 saturated heterocycles. The summed E-state index contributed by atoms with van der Waals surface area (Å²) in [6, 6.07) is 106. The normalized spacial score (nSPS) is 14.1. The molecular formula is C73H47N3. The molecular weight excluding hydrogens is 919 g/mol. The van der Waals surface area contributed by atoms with Gasteiger partial charge in [0.15, 0.2) is 0 Å². The molecule has 0 fully saturated rings. The van der Waals surface area contributed by atoms with Gasteiger partial charge in [0, 0.05) is 44.0 Å². The van der Waals surface area contributed by atoms with E-state index in [0.717, 1.165) is 33.9 Å². The van der Waals surface area contributed by atoms with E-state index in [1.165, 1.54) is 105 Å². The van der Waals surface area contributed by atoms with Crippen molar-refractivity contribution in [2.45, 2.75) is 5.41 Å². The molecule has 3 nitrogen and oxygen atoms in total. The molecule has 12 aromatic carbocycles. The minimum atomic E-state index is -0.594. The van der Waals surface area contributed by atoms with Gasteiger partial charge in [-0.05, 0) is 116 Å². The summed E-state index contributed by atoms with van der Waals surface area (Å²) >= 11 is 0. The maximum atomic E-state index is 2.53. The predicted molar refractivity (Wildman–Crippen MR) is 317 cm³/mol. The molecule has 0 amide bonds. The number of para-hydroxylation sites is 6. The van der Waals surface area contributed by atoms with Crippen LogP contribution in [-0.2, 0) is 5.41 Å². The van der Waals surface area contributed by atoms with Gasteiger partial charge >= 0.3 is 0 Å². The molecule has 0 N–H and O–H groups in total. The van der Waals surface area contributed by atoms with Crippen LogP contribution in [0.4, 0.5) is 17.1 Å². The zero-order chi connectivity index (χ0) is 49.9. The van der Waals surface area contributed by atoms with Crippen LogP contribution in [0.5, 0.6) is 0 Å². The number of fused-ring (bicyclic) bond motifs is 15. The van der Waals surface area contributed by atoms with Gasteiger partial charge in [-0.2, -0.15) is 0 Å². The van der Waals surface area contributed by atoms with E-state index in [2.05, 4.69) is 299 Å². The molecule has 2 aliphatic rings. The Morgan fingerprint density at radius 1 is 0.276 bits per heavy atom. The lowest BCUT2D eigenvalue weighted by atomic mass is 9.65. The molecule has 1 atom stereocenters. The van der Waals surface area contributed by atoms with Crippen molar-refractivity contribution in [3.8, 4) is 55.9 Å². The van der Waals surface area contributed by atoms with Crippen LogP contribution in [0, 0.1) is 0 Å². The Kier molecular flexibility index (Phi) is 9.25. The summed E-state index contributed by atoms with van der Waals surface area (Å²) in [4.78, 5) is 2.53. The summed E-state index contributed by atoms with van der Waals surface area (Å²) in [5, 5.41) is 5.07. The molecule has 0 bridgehead atoms. The van der Waals surface area contributed by atoms with Gasteiger partial charge < -0.3 is 14.0 Å². The second-order valence-electron chi connectivity index (χ2n) is 20.3. The van der Waals surface area contributed by atoms with Crippen molar-refractivity contribution in [2.75, 3.05) is 4.90 Å². The SMILES string of the molecule is c1ccc(-c2ccccc2-c2ccccc2N(c2ccc(-c3ccc(-n4c5ccccc5c5ccccc54)cc3)cc2)c2cccc3c2-c2ccccc2C32c3ccccc3-n3c4ccccc4c4cccc2c43)cc1. The first kappa shape index (κ1) is 42.5. The summed E-state index contributed by atoms with van der Waals surface area (Å²) in [6.07, 6.45) is 0. The van der Waals surface area contributed by atoms with Crippen molar-refractivity contribution in [1.82, 2.24) is 9.13 Å². The number of rotatable bonds is 7. The predicted octanol–water partition coefficient (Wildman–Crippen LogP) is 19.0. The highest BCUT2D eigenvalue weighted by Gasteiger charge is 2.51. The number of benzene rings is 12. The second kappa shape index (κ2) is 16.5. The lowest BCUT2D eigenvalue weighted by Crippen LogP contribution is -2.33. The first-order valence-corrected chi connectivity index (χ1v) is 26.3. The van der Waals surface area contributed by atoms with Gasteiger partial charge in [0.25, 0.3) is 0 Å². The Morgan fingerprint density at radius 3 is 1.49 bits per heavy atom. The first-order chi connectivity index (χ1) is 37.8. The Bertz CT molecular complexity index is 4580. The highest BCUT2D eigenvalue weighted by Crippen LogP contribution is 2.63. The third kappa shape index (κ3) is 5.94. The zero-order valence-corrected chi connectivity index (χ0v) is 41.5. The van der Waals surface area contributed by atoms with E-state index in [4.69, 9.17) is 0 Å². The van der Waals surface area contributed by atoms with Crippen LogP contribution in [0.15, 0.2) is 285 Å². The molecule has 16 rings (SSSR count). The van der Waals surface area contributed by atoms with Gasteiger partial charge in [-0.3, -0.25) is 0 Å². The third-order valence-corrected chi connectivity index (χ3v) is 16.5. The number of aromatic nitrogens is 2. The molecule has 3 heterocycles. The van der Waals surface area contributed by atoms with E-state index in [1.807, 2.05) is 0 Å². The van der Waals surface area contributed by atoms with E-state index in [-0.39, 0.29) is 0 Å². The van der Waals surface area contributed by atoms with Crippen LogP contribution < -0.4 is 4.90 Å². The highest BCUT2D eigenvalue weighted by molar-refractivity contribution is 6.14. The van der Waals surface area contributed by atoms with Crippen LogP contribution in [0.25, 0.3) is 99.5 Å². The zero-order valence-electron chi connectivity index (χ0n) is 41.5. The molecule has 2 aromatic heterocycles. The quantitative estimate of drug-likeness (QED) is 0.155. The van der Waals surface area contributed by atoms with Crippen molar-refractivity contribution in [2.24, 2.45) is 0 Å². The van der Waals surface area contributed by atoms with E-state index in [9.17, 15) is 0 Å². The van der Waals surface area contributed by atoms with E-state index < -0.39 is 5.41 Å². The van der Waals surface area contributed by atoms with Gasteiger partial charge in [-0.15, -0.1) is 0 Å². The van der Waals surface area contributed by atoms with Crippen molar-refractivity contribution in [3.63, 3.8) is 0 Å². The molecule has 1 unspecified atom stereocenters. The second-order valence-corrected chi connectivity index (χ2v) is 20.3. The maximum Gasteiger partial charge on any atom is 0.0755 e. The molecule has 0 radical (unpaired) electrons. The Balaban J connectivity index is 0.914. The molecule has 3 heteroatoms. The first-order valence-electron chi connectivity index (χ1n) is 26.3. The Hall–Kier alpha value is -9.96. The lowest BCUT2D eigenvalue weighted by Gasteiger charge is -2.39. The Labute approximate surface area is 441 Å². The van der Waals surface area contributed by atoms with Gasteiger partial charge in [0.1, 0.15) is 0 Å². The molecule has 76 heavy (non-hydrogen) atoms. The highest BCUT2D eigenvalue weighted by atomic mass is 15.1. The monoisotopic (exact) mass is 965 g/mol. The van der Waals surface area contributed by atoms with Crippen LogP contribution in [-0.4, -0.2) is 9.13 Å². The van der Waals surface area contributed by atoms with Gasteiger partial charge in [0.05, 0.1) is 44.5 Å². The van der Waals surface area contributed by atoms with Crippen molar-refractivity contribution in [1.29, 1.82) is 0 Å². The number of hydrogen-bond donors (Lipinski definition) is 0. The third-order valence-electron chi connectivity index (χ3n) is 16.5. The molecule has 1 aliphatic heterocycles. The molecule has 1 spiro atoms. The van der Waals surface area contributed by atoms with Crippen molar-refractivity contribution in [3.05, 3.63) is 307 Å². The van der Waals surface area contributed by atoms with Gasteiger partial charge in [-0.25, -0.2) is 0 Å². The number of nitrogens with zero attached hydrogens (tertiary/aromatic N) is 3. The number of anilines is 3. The summed E-state index contributed by atoms with van der Waals surface area (Å²) in [5.41, 5.74) is 24.7. The average molecular weight is 966 g/mol. The summed E-state index contributed by atoms with van der Waals surface area (Å²) in [6.45, 7) is 0. The molecule has 354 valence electrons. The smallest absolute Gasteiger partial charge is 0.0755 e. The topological polar surface area (TPSA) is 13.1 Å². The summed E-state index contributed by atoms with van der Waals surface area (Å²) < 4.78 is 4.91. The van der Waals surface area contributed by atoms with Crippen LogP contribution >= 0.6 is 0 Å². The maximum absolute atomic E-state index is 2.53. The minimum Gasteiger partial charge on any atom is -0.309 e. The van der Waals surface area contributed by atoms with Gasteiger partial charge in [-0.1, -0.05) is 224 Å². The largest absolute Gasteiger partial charge is 0.309 e. The van der Waals surface area contributed by atoms with E-state index in [1.54, 1.807) is 0 Å². The fraction of sp³-hybridized carbons (Fsp3) is 0.0137. The van der Waals surface area contributed by atoms with Crippen molar-refractivity contribution < 1.29 is 0 Å². The minimum absolute atomic E-state index is 0.594. The van der Waals surface area contributed by atoms with Crippen molar-refractivity contribution >= 4 is 60.7 Å². The fourth-order valence-corrected chi connectivity index (χ4v) is 13.5. The molecule has 1 aliphatic carbocycles. The summed E-state index contributed by atoms with van der Waals surface area (Å²) in [7, 11) is 0. The standard InChI is InChI=1S/C73H47N3/c1-2-20-50(21-3-1)53-22-4-5-23-54(53)55-24-7-13-34-65(55)75(52-46-42-49(43-47-52)48-40-44-51(45-41-48)74-66-35-14-8-25-56(66)57-26-9-15-36-67(57)74)70-39-19-32-63-71(70)60-28-6-11-30-61(60)73(63)62-31-12-17-38-69(62)76-68-37-16-10-27-58(68)59-29-18-33-64(73)72(59)76/h1-47H. The molecule has 0 saturated carbocycles. The number of hydrogen-bond acceptors (Lipinski definition) is 1. The average Bonchev–Trinajstić information content (AvgIpc) is 4.32. The van der Waals surface area contributed by atoms with E-state index >= 15 is 0 Å². The van der Waals surface area contributed by atoms with Crippen LogP contribution in [0.3, 0.4) is 0 Å². The lowest BCUT2D eigenvalue weighted by molar-refractivity contribution is 0.748. The van der Waals surface area contributed by atoms with Crippen LogP contribution in [0.2, 0.25) is 0 Å². The Morgan fingerprint density at radius 2 is 0.763 bits per heavy atom. The summed E-state index contributed by atoms with van der Waals surface area (Å²) in [5.74, 6) is 0. The fourth-order valence-electron chi connectivity index (χ4n) is 13.5. The van der Waals surface area contributed by atoms with Crippen LogP contribution in [0.1, 0.15) is 22.3 Å². The molecule has 14 aromatic rings. The van der Waals surface area contributed by atoms with Gasteiger partial charge in [0.2, 0.25) is 0 Å².